The number of aromatic nitrogens is 1. The lowest BCUT2D eigenvalue weighted by Gasteiger charge is -2.30. The number of ether oxygens (including phenoxy) is 1. The van der Waals surface area contributed by atoms with Crippen LogP contribution < -0.4 is 15.5 Å². The number of pyridine rings is 1. The zero-order chi connectivity index (χ0) is 19.2. The monoisotopic (exact) mass is 374 g/mol. The van der Waals surface area contributed by atoms with Crippen LogP contribution >= 0.6 is 0 Å². The van der Waals surface area contributed by atoms with Crippen molar-refractivity contribution in [1.29, 1.82) is 0 Å². The number of nitrogens with one attached hydrogen (secondary N) is 2. The Hall–Kier alpha value is -3.38. The lowest BCUT2D eigenvalue weighted by Crippen LogP contribution is -2.36. The number of rotatable bonds is 5. The zero-order valence-corrected chi connectivity index (χ0v) is 15.5. The molecule has 1 saturated heterocycles. The molecule has 6 heteroatoms. The fourth-order valence-electron chi connectivity index (χ4n) is 3.13. The van der Waals surface area contributed by atoms with Gasteiger partial charge in [0.05, 0.1) is 36.5 Å². The molecule has 2 N–H and O–H groups in total. The van der Waals surface area contributed by atoms with Crippen LogP contribution in [0.25, 0.3) is 0 Å². The second-order valence-corrected chi connectivity index (χ2v) is 6.49. The molecule has 28 heavy (non-hydrogen) atoms. The topological polar surface area (TPSA) is 66.5 Å². The molecule has 142 valence electrons. The molecule has 0 bridgehead atoms. The van der Waals surface area contributed by atoms with Crippen molar-refractivity contribution in [3.05, 3.63) is 78.5 Å². The normalized spacial score (nSPS) is 13.8. The fourth-order valence-corrected chi connectivity index (χ4v) is 3.13. The van der Waals surface area contributed by atoms with Crippen molar-refractivity contribution >= 4 is 28.8 Å². The molecule has 1 aliphatic heterocycles. The Balaban J connectivity index is 1.44. The van der Waals surface area contributed by atoms with Gasteiger partial charge in [0.25, 0.3) is 5.91 Å². The Morgan fingerprint density at radius 3 is 2.43 bits per heavy atom. The highest BCUT2D eigenvalue weighted by atomic mass is 16.5. The van der Waals surface area contributed by atoms with E-state index in [0.29, 0.717) is 11.4 Å². The predicted octanol–water partition coefficient (Wildman–Crippen LogP) is 3.91. The first-order valence-corrected chi connectivity index (χ1v) is 9.31. The summed E-state index contributed by atoms with van der Waals surface area (Å²) in [7, 11) is 0. The second kappa shape index (κ2) is 8.54. The number of amides is 1. The van der Waals surface area contributed by atoms with Gasteiger partial charge in [0.2, 0.25) is 0 Å². The number of anilines is 4. The van der Waals surface area contributed by atoms with Gasteiger partial charge in [-0.2, -0.15) is 0 Å². The van der Waals surface area contributed by atoms with E-state index in [1.54, 1.807) is 24.4 Å². The summed E-state index contributed by atoms with van der Waals surface area (Å²) < 4.78 is 5.45. The number of carbonyl (C=O) groups is 1. The molecular formula is C22H22N4O2. The van der Waals surface area contributed by atoms with E-state index < -0.39 is 0 Å². The summed E-state index contributed by atoms with van der Waals surface area (Å²) in [5, 5.41) is 6.24. The van der Waals surface area contributed by atoms with Crippen molar-refractivity contribution in [3.8, 4) is 0 Å². The molecule has 4 rings (SSSR count). The molecule has 6 nitrogen and oxygen atoms in total. The lowest BCUT2D eigenvalue weighted by molar-refractivity contribution is 0.102. The second-order valence-electron chi connectivity index (χ2n) is 6.49. The van der Waals surface area contributed by atoms with Crippen molar-refractivity contribution < 1.29 is 9.53 Å². The molecule has 2 aromatic carbocycles. The summed E-state index contributed by atoms with van der Waals surface area (Å²) in [5.74, 6) is 0.340. The third-order valence-electron chi connectivity index (χ3n) is 4.58. The predicted molar refractivity (Wildman–Crippen MR) is 111 cm³/mol. The van der Waals surface area contributed by atoms with E-state index in [9.17, 15) is 4.79 Å². The minimum Gasteiger partial charge on any atom is -0.378 e. The largest absolute Gasteiger partial charge is 0.378 e. The smallest absolute Gasteiger partial charge is 0.256 e. The molecule has 0 radical (unpaired) electrons. The average molecular weight is 374 g/mol. The molecule has 3 aromatic rings. The first-order chi connectivity index (χ1) is 13.8. The molecule has 0 spiro atoms. The van der Waals surface area contributed by atoms with Gasteiger partial charge in [-0.25, -0.2) is 4.98 Å². The summed E-state index contributed by atoms with van der Waals surface area (Å²) in [6, 6.07) is 21.0. The molecule has 1 aliphatic rings. The number of morpholine rings is 1. The molecule has 0 aliphatic carbocycles. The Morgan fingerprint density at radius 1 is 0.929 bits per heavy atom. The van der Waals surface area contributed by atoms with E-state index in [-0.39, 0.29) is 5.91 Å². The summed E-state index contributed by atoms with van der Waals surface area (Å²) in [6.07, 6.45) is 1.72. The van der Waals surface area contributed by atoms with Crippen LogP contribution in [0.5, 0.6) is 0 Å². The molecule has 1 aromatic heterocycles. The van der Waals surface area contributed by atoms with Gasteiger partial charge in [-0.05, 0) is 36.4 Å². The number of hydrogen-bond donors (Lipinski definition) is 2. The van der Waals surface area contributed by atoms with Gasteiger partial charge in [0.1, 0.15) is 5.82 Å². The van der Waals surface area contributed by atoms with Crippen LogP contribution in [0.1, 0.15) is 10.4 Å². The molecular weight excluding hydrogens is 352 g/mol. The maximum Gasteiger partial charge on any atom is 0.256 e. The van der Waals surface area contributed by atoms with Gasteiger partial charge >= 0.3 is 0 Å². The SMILES string of the molecule is O=C(Nc1ccc(Nc2ccccc2N2CCOCC2)cn1)c1ccccc1. The van der Waals surface area contributed by atoms with E-state index in [1.165, 1.54) is 0 Å². The lowest BCUT2D eigenvalue weighted by atomic mass is 10.2. The van der Waals surface area contributed by atoms with Crippen LogP contribution in [-0.4, -0.2) is 37.2 Å². The quantitative estimate of drug-likeness (QED) is 0.709. The Labute approximate surface area is 164 Å². The van der Waals surface area contributed by atoms with Crippen LogP contribution in [-0.2, 0) is 4.74 Å². The van der Waals surface area contributed by atoms with Gasteiger partial charge in [-0.1, -0.05) is 30.3 Å². The first kappa shape index (κ1) is 18.0. The van der Waals surface area contributed by atoms with Crippen molar-refractivity contribution in [2.24, 2.45) is 0 Å². The van der Waals surface area contributed by atoms with Crippen LogP contribution in [0.3, 0.4) is 0 Å². The summed E-state index contributed by atoms with van der Waals surface area (Å²) in [5.41, 5.74) is 3.63. The maximum atomic E-state index is 12.2. The van der Waals surface area contributed by atoms with Gasteiger partial charge in [0, 0.05) is 18.7 Å². The third kappa shape index (κ3) is 4.29. The van der Waals surface area contributed by atoms with Crippen molar-refractivity contribution in [1.82, 2.24) is 4.98 Å². The number of nitrogens with zero attached hydrogens (tertiary/aromatic N) is 2. The third-order valence-corrected chi connectivity index (χ3v) is 4.58. The minimum atomic E-state index is -0.175. The van der Waals surface area contributed by atoms with Gasteiger partial charge < -0.3 is 20.3 Å². The molecule has 2 heterocycles. The highest BCUT2D eigenvalue weighted by Gasteiger charge is 2.14. The first-order valence-electron chi connectivity index (χ1n) is 9.31. The van der Waals surface area contributed by atoms with Crippen LogP contribution in [0.4, 0.5) is 22.9 Å². The van der Waals surface area contributed by atoms with Gasteiger partial charge in [0.15, 0.2) is 0 Å². The highest BCUT2D eigenvalue weighted by molar-refractivity contribution is 6.03. The van der Waals surface area contributed by atoms with Crippen LogP contribution in [0, 0.1) is 0 Å². The summed E-state index contributed by atoms with van der Waals surface area (Å²) in [4.78, 5) is 18.9. The Kier molecular flexibility index (Phi) is 5.49. The standard InChI is InChI=1S/C22H22N4O2/c27-22(17-6-2-1-3-7-17)25-21-11-10-18(16-23-21)24-19-8-4-5-9-20(19)26-12-14-28-15-13-26/h1-11,16,24H,12-15H2,(H,23,25,27). The zero-order valence-electron chi connectivity index (χ0n) is 15.5. The van der Waals surface area contributed by atoms with E-state index in [2.05, 4.69) is 32.7 Å². The number of para-hydroxylation sites is 2. The van der Waals surface area contributed by atoms with Gasteiger partial charge in [-0.15, -0.1) is 0 Å². The Bertz CT molecular complexity index is 923. The maximum absolute atomic E-state index is 12.2. The molecule has 1 fully saturated rings. The number of carbonyl (C=O) groups excluding carboxylic acids is 1. The molecule has 1 amide bonds. The van der Waals surface area contributed by atoms with Crippen LogP contribution in [0.15, 0.2) is 72.9 Å². The minimum absolute atomic E-state index is 0.175. The number of benzene rings is 2. The van der Waals surface area contributed by atoms with E-state index in [1.807, 2.05) is 36.4 Å². The Morgan fingerprint density at radius 2 is 1.68 bits per heavy atom. The molecule has 0 atom stereocenters. The van der Waals surface area contributed by atoms with Crippen molar-refractivity contribution in [2.75, 3.05) is 41.8 Å². The highest BCUT2D eigenvalue weighted by Crippen LogP contribution is 2.29. The molecule has 0 unspecified atom stereocenters. The summed E-state index contributed by atoms with van der Waals surface area (Å²) in [6.45, 7) is 3.24. The van der Waals surface area contributed by atoms with Crippen molar-refractivity contribution in [2.45, 2.75) is 0 Å². The van der Waals surface area contributed by atoms with Gasteiger partial charge in [-0.3, -0.25) is 4.79 Å². The summed E-state index contributed by atoms with van der Waals surface area (Å²) >= 11 is 0. The fraction of sp³-hybridized carbons (Fsp3) is 0.182. The number of hydrogen-bond acceptors (Lipinski definition) is 5. The average Bonchev–Trinajstić information content (AvgIpc) is 2.77. The molecule has 0 saturated carbocycles. The van der Waals surface area contributed by atoms with E-state index in [4.69, 9.17) is 4.74 Å². The van der Waals surface area contributed by atoms with E-state index in [0.717, 1.165) is 43.4 Å². The van der Waals surface area contributed by atoms with Crippen molar-refractivity contribution in [3.63, 3.8) is 0 Å². The van der Waals surface area contributed by atoms with E-state index >= 15 is 0 Å². The van der Waals surface area contributed by atoms with Crippen LogP contribution in [0.2, 0.25) is 0 Å².